The fourth-order valence-electron chi connectivity index (χ4n) is 1.55. The minimum Gasteiger partial charge on any atom is -0.123 e. The van der Waals surface area contributed by atoms with E-state index < -0.39 is 0 Å². The van der Waals surface area contributed by atoms with Gasteiger partial charge in [0.2, 0.25) is 0 Å². The molecule has 0 aliphatic heterocycles. The first-order valence-electron chi connectivity index (χ1n) is 5.30. The van der Waals surface area contributed by atoms with Crippen molar-refractivity contribution in [3.8, 4) is 0 Å². The largest absolute Gasteiger partial charge is 0.123 e. The van der Waals surface area contributed by atoms with Crippen LogP contribution in [0.25, 0.3) is 0 Å². The molecule has 0 N–H and O–H groups in total. The molecule has 78 valence electrons. The van der Waals surface area contributed by atoms with Gasteiger partial charge < -0.3 is 0 Å². The fourth-order valence-corrected chi connectivity index (χ4v) is 1.70. The van der Waals surface area contributed by atoms with Crippen LogP contribution in [0.3, 0.4) is 0 Å². The molecule has 0 heterocycles. The first-order valence-corrected chi connectivity index (χ1v) is 5.73. The van der Waals surface area contributed by atoms with E-state index in [1.165, 1.54) is 23.1 Å². The zero-order valence-corrected chi connectivity index (χ0v) is 10.1. The van der Waals surface area contributed by atoms with E-state index in [4.69, 9.17) is 11.6 Å². The Morgan fingerprint density at radius 3 is 2.50 bits per heavy atom. The summed E-state index contributed by atoms with van der Waals surface area (Å²) in [5, 5.41) is 0.307. The zero-order valence-electron chi connectivity index (χ0n) is 9.31. The van der Waals surface area contributed by atoms with Gasteiger partial charge in [0.25, 0.3) is 0 Å². The Hall–Kier alpha value is -0.490. The second-order valence-electron chi connectivity index (χ2n) is 4.09. The second kappa shape index (κ2) is 5.41. The van der Waals surface area contributed by atoms with Gasteiger partial charge in [-0.2, -0.15) is 0 Å². The van der Waals surface area contributed by atoms with E-state index in [0.717, 1.165) is 12.8 Å². The van der Waals surface area contributed by atoms with Crippen molar-refractivity contribution in [1.29, 1.82) is 0 Å². The highest BCUT2D eigenvalue weighted by Gasteiger charge is 1.99. The number of alkyl halides is 1. The third-order valence-electron chi connectivity index (χ3n) is 2.64. The number of benzene rings is 1. The molecule has 1 aromatic carbocycles. The predicted molar refractivity (Wildman–Crippen MR) is 64.2 cm³/mol. The average molecular weight is 211 g/mol. The van der Waals surface area contributed by atoms with E-state index in [1.807, 2.05) is 0 Å². The highest BCUT2D eigenvalue weighted by Crippen LogP contribution is 2.13. The summed E-state index contributed by atoms with van der Waals surface area (Å²) in [6.45, 7) is 6.38. The third-order valence-corrected chi connectivity index (χ3v) is 2.86. The van der Waals surface area contributed by atoms with Crippen molar-refractivity contribution < 1.29 is 0 Å². The summed E-state index contributed by atoms with van der Waals surface area (Å²) in [6, 6.07) is 6.71. The Balaban J connectivity index is 2.47. The summed E-state index contributed by atoms with van der Waals surface area (Å²) >= 11 is 5.90. The monoisotopic (exact) mass is 210 g/mol. The van der Waals surface area contributed by atoms with E-state index >= 15 is 0 Å². The molecular weight excluding hydrogens is 192 g/mol. The maximum atomic E-state index is 5.90. The summed E-state index contributed by atoms with van der Waals surface area (Å²) in [4.78, 5) is 0. The van der Waals surface area contributed by atoms with Gasteiger partial charge in [-0.05, 0) is 56.7 Å². The SMILES string of the molecule is Cc1ccc(CCCC(C)Cl)cc1C. The van der Waals surface area contributed by atoms with Gasteiger partial charge in [-0.25, -0.2) is 0 Å². The first kappa shape index (κ1) is 11.6. The van der Waals surface area contributed by atoms with Crippen LogP contribution in [0.2, 0.25) is 0 Å². The topological polar surface area (TPSA) is 0 Å². The molecule has 1 unspecified atom stereocenters. The lowest BCUT2D eigenvalue weighted by Gasteiger charge is -2.06. The van der Waals surface area contributed by atoms with E-state index in [-0.39, 0.29) is 0 Å². The molecule has 0 bridgehead atoms. The molecule has 0 amide bonds. The van der Waals surface area contributed by atoms with Crippen molar-refractivity contribution in [2.24, 2.45) is 0 Å². The molecule has 1 aromatic rings. The number of rotatable bonds is 4. The molecule has 0 radical (unpaired) electrons. The molecule has 0 fully saturated rings. The predicted octanol–water partition coefficient (Wildman–Crippen LogP) is 4.25. The molecule has 14 heavy (non-hydrogen) atoms. The van der Waals surface area contributed by atoms with Crippen molar-refractivity contribution in [3.05, 3.63) is 34.9 Å². The Morgan fingerprint density at radius 2 is 1.93 bits per heavy atom. The highest BCUT2D eigenvalue weighted by atomic mass is 35.5. The second-order valence-corrected chi connectivity index (χ2v) is 4.84. The highest BCUT2D eigenvalue weighted by molar-refractivity contribution is 6.20. The van der Waals surface area contributed by atoms with Crippen LogP contribution in [0.1, 0.15) is 36.5 Å². The minimum atomic E-state index is 0.307. The molecule has 1 heteroatoms. The van der Waals surface area contributed by atoms with Crippen LogP contribution >= 0.6 is 11.6 Å². The molecular formula is C13H19Cl. The van der Waals surface area contributed by atoms with Gasteiger partial charge in [-0.1, -0.05) is 18.2 Å². The quantitative estimate of drug-likeness (QED) is 0.652. The molecule has 0 aromatic heterocycles. The van der Waals surface area contributed by atoms with Crippen LogP contribution in [0.15, 0.2) is 18.2 Å². The van der Waals surface area contributed by atoms with E-state index in [0.29, 0.717) is 5.38 Å². The van der Waals surface area contributed by atoms with Gasteiger partial charge >= 0.3 is 0 Å². The van der Waals surface area contributed by atoms with Gasteiger partial charge in [-0.15, -0.1) is 11.6 Å². The minimum absolute atomic E-state index is 0.307. The van der Waals surface area contributed by atoms with Crippen molar-refractivity contribution in [1.82, 2.24) is 0 Å². The van der Waals surface area contributed by atoms with Crippen LogP contribution in [-0.2, 0) is 6.42 Å². The lowest BCUT2D eigenvalue weighted by molar-refractivity contribution is 0.723. The molecule has 0 spiro atoms. The summed E-state index contributed by atoms with van der Waals surface area (Å²) in [7, 11) is 0. The zero-order chi connectivity index (χ0) is 10.6. The lowest BCUT2D eigenvalue weighted by atomic mass is 10.0. The number of hydrogen-bond acceptors (Lipinski definition) is 0. The van der Waals surface area contributed by atoms with E-state index in [2.05, 4.69) is 39.0 Å². The number of hydrogen-bond donors (Lipinski definition) is 0. The van der Waals surface area contributed by atoms with Crippen LogP contribution in [0.5, 0.6) is 0 Å². The molecule has 0 aliphatic rings. The fraction of sp³-hybridized carbons (Fsp3) is 0.538. The van der Waals surface area contributed by atoms with Crippen LogP contribution in [0.4, 0.5) is 0 Å². The summed E-state index contributed by atoms with van der Waals surface area (Å²) in [5.74, 6) is 0. The van der Waals surface area contributed by atoms with Gasteiger partial charge in [0.05, 0.1) is 0 Å². The maximum absolute atomic E-state index is 5.90. The van der Waals surface area contributed by atoms with Crippen LogP contribution in [-0.4, -0.2) is 5.38 Å². The molecule has 1 atom stereocenters. The smallest absolute Gasteiger partial charge is 0.0308 e. The Kier molecular flexibility index (Phi) is 4.47. The Labute approximate surface area is 92.3 Å². The number of halogens is 1. The normalized spacial score (nSPS) is 12.9. The van der Waals surface area contributed by atoms with E-state index in [9.17, 15) is 0 Å². The van der Waals surface area contributed by atoms with Crippen molar-refractivity contribution in [2.45, 2.75) is 45.4 Å². The summed E-state index contributed by atoms with van der Waals surface area (Å²) in [5.41, 5.74) is 4.20. The maximum Gasteiger partial charge on any atom is 0.0308 e. The molecule has 0 saturated heterocycles. The Bertz CT molecular complexity index is 289. The van der Waals surface area contributed by atoms with Crippen molar-refractivity contribution in [2.75, 3.05) is 0 Å². The molecule has 0 saturated carbocycles. The van der Waals surface area contributed by atoms with Crippen LogP contribution in [0, 0.1) is 13.8 Å². The van der Waals surface area contributed by atoms with Gasteiger partial charge in [0.1, 0.15) is 0 Å². The first-order chi connectivity index (χ1) is 6.59. The average Bonchev–Trinajstić information content (AvgIpc) is 2.10. The van der Waals surface area contributed by atoms with Crippen molar-refractivity contribution in [3.63, 3.8) is 0 Å². The summed E-state index contributed by atoms with van der Waals surface area (Å²) in [6.07, 6.45) is 3.44. The van der Waals surface area contributed by atoms with E-state index in [1.54, 1.807) is 0 Å². The standard InChI is InChI=1S/C13H19Cl/c1-10-7-8-13(9-11(10)2)6-4-5-12(3)14/h7-9,12H,4-6H2,1-3H3. The van der Waals surface area contributed by atoms with Gasteiger partial charge in [0, 0.05) is 5.38 Å². The van der Waals surface area contributed by atoms with Crippen LogP contribution < -0.4 is 0 Å². The lowest BCUT2D eigenvalue weighted by Crippen LogP contribution is -1.94. The summed E-state index contributed by atoms with van der Waals surface area (Å²) < 4.78 is 0. The molecule has 0 nitrogen and oxygen atoms in total. The van der Waals surface area contributed by atoms with Gasteiger partial charge in [-0.3, -0.25) is 0 Å². The molecule has 0 aliphatic carbocycles. The van der Waals surface area contributed by atoms with Gasteiger partial charge in [0.15, 0.2) is 0 Å². The molecule has 1 rings (SSSR count). The third kappa shape index (κ3) is 3.71. The number of aryl methyl sites for hydroxylation is 3. The Morgan fingerprint density at radius 1 is 1.21 bits per heavy atom. The van der Waals surface area contributed by atoms with Crippen molar-refractivity contribution >= 4 is 11.6 Å².